The largest absolute Gasteiger partial charge is 0.496 e. The van der Waals surface area contributed by atoms with Gasteiger partial charge in [-0.05, 0) is 30.7 Å². The van der Waals surface area contributed by atoms with Gasteiger partial charge in [-0.25, -0.2) is 0 Å². The van der Waals surface area contributed by atoms with Crippen molar-refractivity contribution < 1.29 is 28.6 Å². The molecule has 11 heteroatoms. The summed E-state index contributed by atoms with van der Waals surface area (Å²) < 4.78 is 17.8. The molecule has 0 aliphatic carbocycles. The lowest BCUT2D eigenvalue weighted by molar-refractivity contribution is -0.135. The van der Waals surface area contributed by atoms with Crippen LogP contribution in [0, 0.1) is 0 Å². The van der Waals surface area contributed by atoms with Crippen molar-refractivity contribution >= 4 is 39.4 Å². The van der Waals surface area contributed by atoms with Crippen LogP contribution in [-0.2, 0) is 27.3 Å². The topological polar surface area (TPSA) is 132 Å². The molecule has 0 unspecified atom stereocenters. The summed E-state index contributed by atoms with van der Waals surface area (Å²) in [6, 6.07) is 12.3. The standard InChI is InChI=1S/C29H30N4O7/c1-38-23-7-8-24(39-2)26-20(23)15-18(28(36)31-26)9-10-30-29(37)27(35)21-16-33(22-6-4-3-5-19(21)22)17-25(34)32-11-13-40-14-12-32/h3-8,15-16H,9-14,17H2,1-2H3,(H,30,37)(H,31,36). The number of amides is 2. The third kappa shape index (κ3) is 5.28. The molecule has 0 bridgehead atoms. The molecule has 40 heavy (non-hydrogen) atoms. The maximum Gasteiger partial charge on any atom is 0.292 e. The van der Waals surface area contributed by atoms with Gasteiger partial charge in [0.1, 0.15) is 18.0 Å². The van der Waals surface area contributed by atoms with Crippen LogP contribution in [0.5, 0.6) is 11.5 Å². The Balaban J connectivity index is 1.30. The van der Waals surface area contributed by atoms with Crippen LogP contribution in [-0.4, -0.2) is 79.1 Å². The molecule has 0 saturated carbocycles. The van der Waals surface area contributed by atoms with Crippen LogP contribution in [0.2, 0.25) is 0 Å². The third-order valence-corrected chi connectivity index (χ3v) is 7.04. The molecular weight excluding hydrogens is 516 g/mol. The first kappa shape index (κ1) is 26.9. The fourth-order valence-electron chi connectivity index (χ4n) is 4.95. The monoisotopic (exact) mass is 546 g/mol. The molecular formula is C29H30N4O7. The van der Waals surface area contributed by atoms with Crippen molar-refractivity contribution in [2.45, 2.75) is 13.0 Å². The molecule has 1 saturated heterocycles. The minimum atomic E-state index is -0.793. The number of H-pyrrole nitrogens is 1. The van der Waals surface area contributed by atoms with Gasteiger partial charge < -0.3 is 34.0 Å². The molecule has 0 radical (unpaired) electrons. The summed E-state index contributed by atoms with van der Waals surface area (Å²) in [5.74, 6) is -0.519. The summed E-state index contributed by atoms with van der Waals surface area (Å²) in [7, 11) is 3.05. The van der Waals surface area contributed by atoms with Crippen molar-refractivity contribution in [3.63, 3.8) is 0 Å². The molecule has 5 rings (SSSR count). The highest BCUT2D eigenvalue weighted by molar-refractivity contribution is 6.45. The molecule has 2 amide bonds. The first-order valence-electron chi connectivity index (χ1n) is 12.9. The number of ether oxygens (including phenoxy) is 3. The number of benzene rings is 2. The number of hydrogen-bond donors (Lipinski definition) is 2. The van der Waals surface area contributed by atoms with Crippen molar-refractivity contribution in [1.29, 1.82) is 0 Å². The molecule has 4 aromatic rings. The molecule has 0 spiro atoms. The van der Waals surface area contributed by atoms with Crippen LogP contribution in [0.25, 0.3) is 21.8 Å². The number of nitrogens with zero attached hydrogens (tertiary/aromatic N) is 2. The molecule has 3 heterocycles. The summed E-state index contributed by atoms with van der Waals surface area (Å²) in [4.78, 5) is 56.1. The lowest BCUT2D eigenvalue weighted by atomic mass is 10.1. The quantitative estimate of drug-likeness (QED) is 0.242. The SMILES string of the molecule is COc1ccc(OC)c2[nH]c(=O)c(CCNC(=O)C(=O)c3cn(CC(=O)N4CCOCC4)c4ccccc34)cc12. The van der Waals surface area contributed by atoms with Crippen LogP contribution < -0.4 is 20.3 Å². The fourth-order valence-corrected chi connectivity index (χ4v) is 4.95. The first-order chi connectivity index (χ1) is 19.4. The lowest BCUT2D eigenvalue weighted by Crippen LogP contribution is -2.42. The Labute approximate surface area is 229 Å². The second kappa shape index (κ2) is 11.6. The third-order valence-electron chi connectivity index (χ3n) is 7.04. The van der Waals surface area contributed by atoms with Gasteiger partial charge in [-0.2, -0.15) is 0 Å². The zero-order chi connectivity index (χ0) is 28.2. The van der Waals surface area contributed by atoms with E-state index in [2.05, 4.69) is 10.3 Å². The van der Waals surface area contributed by atoms with Crippen molar-refractivity contribution in [2.24, 2.45) is 0 Å². The number of aromatic nitrogens is 2. The van der Waals surface area contributed by atoms with E-state index in [1.54, 1.807) is 46.0 Å². The Morgan fingerprint density at radius 1 is 1.00 bits per heavy atom. The minimum Gasteiger partial charge on any atom is -0.496 e. The molecule has 1 aliphatic rings. The van der Waals surface area contributed by atoms with Crippen LogP contribution in [0.3, 0.4) is 0 Å². The number of para-hydroxylation sites is 1. The Morgan fingerprint density at radius 2 is 1.73 bits per heavy atom. The summed E-state index contributed by atoms with van der Waals surface area (Å²) >= 11 is 0. The van der Waals surface area contributed by atoms with Crippen molar-refractivity contribution in [3.8, 4) is 11.5 Å². The number of ketones is 1. The lowest BCUT2D eigenvalue weighted by Gasteiger charge is -2.27. The van der Waals surface area contributed by atoms with Gasteiger partial charge in [0.15, 0.2) is 0 Å². The van der Waals surface area contributed by atoms with E-state index < -0.39 is 11.7 Å². The van der Waals surface area contributed by atoms with Crippen LogP contribution >= 0.6 is 0 Å². The second-order valence-electron chi connectivity index (χ2n) is 9.40. The van der Waals surface area contributed by atoms with E-state index in [1.807, 2.05) is 12.1 Å². The fraction of sp³-hybridized carbons (Fsp3) is 0.310. The van der Waals surface area contributed by atoms with Crippen molar-refractivity contribution in [2.75, 3.05) is 47.1 Å². The highest BCUT2D eigenvalue weighted by Crippen LogP contribution is 2.31. The van der Waals surface area contributed by atoms with E-state index in [0.29, 0.717) is 65.2 Å². The molecule has 1 aliphatic heterocycles. The number of rotatable bonds is 9. The zero-order valence-corrected chi connectivity index (χ0v) is 22.3. The maximum absolute atomic E-state index is 13.2. The van der Waals surface area contributed by atoms with Gasteiger partial charge in [0.2, 0.25) is 5.91 Å². The Morgan fingerprint density at radius 3 is 2.48 bits per heavy atom. The number of hydrogen-bond acceptors (Lipinski definition) is 7. The molecule has 11 nitrogen and oxygen atoms in total. The highest BCUT2D eigenvalue weighted by atomic mass is 16.5. The average Bonchev–Trinajstić information content (AvgIpc) is 3.34. The van der Waals surface area contributed by atoms with Crippen LogP contribution in [0.4, 0.5) is 0 Å². The molecule has 208 valence electrons. The number of morpholine rings is 1. The van der Waals surface area contributed by atoms with E-state index >= 15 is 0 Å². The van der Waals surface area contributed by atoms with Gasteiger partial charge >= 0.3 is 0 Å². The Hall–Kier alpha value is -4.64. The molecule has 2 N–H and O–H groups in total. The van der Waals surface area contributed by atoms with Crippen LogP contribution in [0.15, 0.2) is 53.5 Å². The van der Waals surface area contributed by atoms with Gasteiger partial charge in [-0.15, -0.1) is 0 Å². The van der Waals surface area contributed by atoms with Gasteiger partial charge in [0.25, 0.3) is 17.2 Å². The van der Waals surface area contributed by atoms with Gasteiger partial charge in [0, 0.05) is 47.7 Å². The van der Waals surface area contributed by atoms with E-state index in [4.69, 9.17) is 14.2 Å². The van der Waals surface area contributed by atoms with E-state index in [9.17, 15) is 19.2 Å². The normalized spacial score (nSPS) is 13.4. The van der Waals surface area contributed by atoms with Gasteiger partial charge in [0.05, 0.1) is 38.5 Å². The number of pyridine rings is 1. The summed E-state index contributed by atoms with van der Waals surface area (Å²) in [5, 5.41) is 3.88. The molecule has 2 aromatic carbocycles. The summed E-state index contributed by atoms with van der Waals surface area (Å²) in [5.41, 5.74) is 1.51. The Kier molecular flexibility index (Phi) is 7.83. The summed E-state index contributed by atoms with van der Waals surface area (Å²) in [6.07, 6.45) is 1.75. The number of carbonyl (C=O) groups excluding carboxylic acids is 3. The predicted octanol–water partition coefficient (Wildman–Crippen LogP) is 1.90. The number of carbonyl (C=O) groups is 3. The smallest absolute Gasteiger partial charge is 0.292 e. The average molecular weight is 547 g/mol. The second-order valence-corrected chi connectivity index (χ2v) is 9.40. The summed E-state index contributed by atoms with van der Waals surface area (Å²) in [6.45, 7) is 2.15. The molecule has 2 aromatic heterocycles. The highest BCUT2D eigenvalue weighted by Gasteiger charge is 2.24. The Bertz CT molecular complexity index is 1650. The van der Waals surface area contributed by atoms with Gasteiger partial charge in [-0.3, -0.25) is 19.2 Å². The predicted molar refractivity (Wildman–Crippen MR) is 148 cm³/mol. The molecule has 1 fully saturated rings. The zero-order valence-electron chi connectivity index (χ0n) is 22.3. The number of nitrogens with one attached hydrogen (secondary N) is 2. The van der Waals surface area contributed by atoms with E-state index in [-0.39, 0.29) is 36.5 Å². The maximum atomic E-state index is 13.2. The number of methoxy groups -OCH3 is 2. The first-order valence-corrected chi connectivity index (χ1v) is 12.9. The number of fused-ring (bicyclic) bond motifs is 2. The van der Waals surface area contributed by atoms with E-state index in [0.717, 1.165) is 0 Å². The van der Waals surface area contributed by atoms with Gasteiger partial charge in [-0.1, -0.05) is 18.2 Å². The molecule has 0 atom stereocenters. The number of Topliss-reactive ketones (excluding diaryl/α,β-unsaturated/α-hetero) is 1. The van der Waals surface area contributed by atoms with E-state index in [1.165, 1.54) is 14.2 Å². The van der Waals surface area contributed by atoms with Crippen molar-refractivity contribution in [3.05, 3.63) is 70.1 Å². The van der Waals surface area contributed by atoms with Crippen molar-refractivity contribution in [1.82, 2.24) is 19.8 Å². The number of aromatic amines is 1. The minimum absolute atomic E-state index is 0.0500. The van der Waals surface area contributed by atoms with Crippen LogP contribution in [0.1, 0.15) is 15.9 Å².